The van der Waals surface area contributed by atoms with Crippen LogP contribution < -0.4 is 0 Å². The number of carboxylic acids is 1. The number of aromatic carboxylic acids is 1. The molecular weight excluding hydrogens is 254 g/mol. The van der Waals surface area contributed by atoms with Gasteiger partial charge in [-0.15, -0.1) is 0 Å². The summed E-state index contributed by atoms with van der Waals surface area (Å²) in [6, 6.07) is 4.34. The lowest BCUT2D eigenvalue weighted by molar-refractivity contribution is 0.0685. The highest BCUT2D eigenvalue weighted by Gasteiger charge is 2.18. The van der Waals surface area contributed by atoms with Gasteiger partial charge in [-0.05, 0) is 37.5 Å². The molecule has 1 aliphatic rings. The van der Waals surface area contributed by atoms with Crippen LogP contribution in [0.4, 0.5) is 0 Å². The van der Waals surface area contributed by atoms with E-state index in [0.29, 0.717) is 18.3 Å². The van der Waals surface area contributed by atoms with E-state index in [2.05, 4.69) is 5.10 Å². The van der Waals surface area contributed by atoms with Crippen LogP contribution in [0.1, 0.15) is 53.5 Å². The Morgan fingerprint density at radius 2 is 2.10 bits per heavy atom. The Bertz CT molecular complexity index is 621. The zero-order chi connectivity index (χ0) is 14.1. The molecule has 0 aromatic carbocycles. The summed E-state index contributed by atoms with van der Waals surface area (Å²) in [5.41, 5.74) is 2.04. The van der Waals surface area contributed by atoms with E-state index in [1.54, 1.807) is 4.57 Å². The minimum atomic E-state index is -0.886. The molecule has 3 rings (SSSR count). The van der Waals surface area contributed by atoms with Crippen molar-refractivity contribution in [3.63, 3.8) is 0 Å². The van der Waals surface area contributed by atoms with Gasteiger partial charge < -0.3 is 9.67 Å². The summed E-state index contributed by atoms with van der Waals surface area (Å²) in [6.07, 6.45) is 8.78. The fourth-order valence-corrected chi connectivity index (χ4v) is 3.01. The molecule has 2 aromatic heterocycles. The molecule has 0 amide bonds. The molecule has 106 valence electrons. The Hall–Kier alpha value is -2.04. The Kier molecular flexibility index (Phi) is 3.34. The minimum absolute atomic E-state index is 0.348. The summed E-state index contributed by atoms with van der Waals surface area (Å²) < 4.78 is 3.79. The van der Waals surface area contributed by atoms with Crippen LogP contribution in [0.3, 0.4) is 0 Å². The molecule has 0 spiro atoms. The van der Waals surface area contributed by atoms with Crippen molar-refractivity contribution in [1.29, 1.82) is 0 Å². The van der Waals surface area contributed by atoms with Gasteiger partial charge >= 0.3 is 5.97 Å². The van der Waals surface area contributed by atoms with E-state index in [9.17, 15) is 9.90 Å². The highest BCUT2D eigenvalue weighted by Crippen LogP contribution is 2.28. The van der Waals surface area contributed by atoms with Gasteiger partial charge in [-0.3, -0.25) is 4.68 Å². The van der Waals surface area contributed by atoms with E-state index in [1.807, 2.05) is 36.1 Å². The second-order valence-electron chi connectivity index (χ2n) is 5.51. The number of rotatable bonds is 4. The maximum absolute atomic E-state index is 11.3. The van der Waals surface area contributed by atoms with Gasteiger partial charge in [0, 0.05) is 12.4 Å². The molecule has 0 bridgehead atoms. The standard InChI is InChI=1S/C15H19N3O2/c1-11-6-8-17(14(11)15(19)20)10-12-7-9-18(16-12)13-4-2-3-5-13/h6-9,13H,2-5,10H2,1H3,(H,19,20). The summed E-state index contributed by atoms with van der Waals surface area (Å²) in [4.78, 5) is 11.3. The van der Waals surface area contributed by atoms with Crippen molar-refractivity contribution >= 4 is 5.97 Å². The molecule has 5 nitrogen and oxygen atoms in total. The van der Waals surface area contributed by atoms with Gasteiger partial charge in [-0.1, -0.05) is 12.8 Å². The predicted octanol–water partition coefficient (Wildman–Crippen LogP) is 2.85. The molecule has 2 heterocycles. The van der Waals surface area contributed by atoms with E-state index < -0.39 is 5.97 Å². The Morgan fingerprint density at radius 3 is 2.80 bits per heavy atom. The first-order valence-electron chi connectivity index (χ1n) is 7.08. The highest BCUT2D eigenvalue weighted by molar-refractivity contribution is 5.87. The first kappa shape index (κ1) is 13.0. The van der Waals surface area contributed by atoms with Crippen LogP contribution in [0, 0.1) is 6.92 Å². The van der Waals surface area contributed by atoms with Crippen LogP contribution in [0.15, 0.2) is 24.5 Å². The monoisotopic (exact) mass is 273 g/mol. The highest BCUT2D eigenvalue weighted by atomic mass is 16.4. The molecule has 0 unspecified atom stereocenters. The van der Waals surface area contributed by atoms with Crippen LogP contribution in [-0.2, 0) is 6.54 Å². The van der Waals surface area contributed by atoms with Crippen molar-refractivity contribution in [2.24, 2.45) is 0 Å². The van der Waals surface area contributed by atoms with Crippen molar-refractivity contribution < 1.29 is 9.90 Å². The molecule has 0 radical (unpaired) electrons. The fourth-order valence-electron chi connectivity index (χ4n) is 3.01. The normalized spacial score (nSPS) is 15.8. The van der Waals surface area contributed by atoms with Crippen LogP contribution in [0.5, 0.6) is 0 Å². The average molecular weight is 273 g/mol. The number of aromatic nitrogens is 3. The number of hydrogen-bond acceptors (Lipinski definition) is 2. The van der Waals surface area contributed by atoms with E-state index in [1.165, 1.54) is 25.7 Å². The molecule has 5 heteroatoms. The molecule has 1 N–H and O–H groups in total. The molecule has 1 saturated carbocycles. The quantitative estimate of drug-likeness (QED) is 0.931. The lowest BCUT2D eigenvalue weighted by Gasteiger charge is -2.09. The molecular formula is C15H19N3O2. The van der Waals surface area contributed by atoms with E-state index in [-0.39, 0.29) is 0 Å². The number of nitrogens with zero attached hydrogens (tertiary/aromatic N) is 3. The van der Waals surface area contributed by atoms with Gasteiger partial charge in [0.1, 0.15) is 5.69 Å². The lowest BCUT2D eigenvalue weighted by atomic mass is 10.3. The minimum Gasteiger partial charge on any atom is -0.477 e. The van der Waals surface area contributed by atoms with Gasteiger partial charge in [0.2, 0.25) is 0 Å². The van der Waals surface area contributed by atoms with Crippen molar-refractivity contribution in [2.45, 2.75) is 45.2 Å². The topological polar surface area (TPSA) is 60.0 Å². The SMILES string of the molecule is Cc1ccn(Cc2ccn(C3CCCC3)n2)c1C(=O)O. The number of carbonyl (C=O) groups is 1. The van der Waals surface area contributed by atoms with Crippen molar-refractivity contribution in [3.05, 3.63) is 41.5 Å². The van der Waals surface area contributed by atoms with Gasteiger partial charge in [0.05, 0.1) is 18.3 Å². The van der Waals surface area contributed by atoms with Crippen LogP contribution in [0.25, 0.3) is 0 Å². The zero-order valence-corrected chi connectivity index (χ0v) is 11.6. The second-order valence-corrected chi connectivity index (χ2v) is 5.51. The molecule has 0 aliphatic heterocycles. The van der Waals surface area contributed by atoms with Crippen molar-refractivity contribution in [1.82, 2.24) is 14.3 Å². The van der Waals surface area contributed by atoms with Crippen LogP contribution >= 0.6 is 0 Å². The third-order valence-electron chi connectivity index (χ3n) is 4.06. The molecule has 1 aliphatic carbocycles. The first-order valence-corrected chi connectivity index (χ1v) is 7.08. The van der Waals surface area contributed by atoms with Crippen molar-refractivity contribution in [3.8, 4) is 0 Å². The molecule has 20 heavy (non-hydrogen) atoms. The Balaban J connectivity index is 1.79. The first-order chi connectivity index (χ1) is 9.65. The van der Waals surface area contributed by atoms with E-state index >= 15 is 0 Å². The molecule has 1 fully saturated rings. The predicted molar refractivity (Wildman–Crippen MR) is 75.0 cm³/mol. The van der Waals surface area contributed by atoms with Crippen LogP contribution in [-0.4, -0.2) is 25.4 Å². The number of hydrogen-bond donors (Lipinski definition) is 1. The molecule has 0 saturated heterocycles. The van der Waals surface area contributed by atoms with E-state index in [4.69, 9.17) is 0 Å². The molecule has 0 atom stereocenters. The fraction of sp³-hybridized carbons (Fsp3) is 0.467. The van der Waals surface area contributed by atoms with Gasteiger partial charge in [-0.2, -0.15) is 5.10 Å². The summed E-state index contributed by atoms with van der Waals surface area (Å²) in [6.45, 7) is 2.33. The van der Waals surface area contributed by atoms with Gasteiger partial charge in [0.15, 0.2) is 0 Å². The van der Waals surface area contributed by atoms with Crippen LogP contribution in [0.2, 0.25) is 0 Å². The number of carboxylic acid groups (broad SMARTS) is 1. The Morgan fingerprint density at radius 1 is 1.35 bits per heavy atom. The van der Waals surface area contributed by atoms with Gasteiger partial charge in [-0.25, -0.2) is 4.79 Å². The van der Waals surface area contributed by atoms with Crippen molar-refractivity contribution in [2.75, 3.05) is 0 Å². The maximum atomic E-state index is 11.3. The maximum Gasteiger partial charge on any atom is 0.352 e. The average Bonchev–Trinajstić information content (AvgIpc) is 3.10. The summed E-state index contributed by atoms with van der Waals surface area (Å²) >= 11 is 0. The van der Waals surface area contributed by atoms with Gasteiger partial charge in [0.25, 0.3) is 0 Å². The largest absolute Gasteiger partial charge is 0.477 e. The second kappa shape index (κ2) is 5.15. The zero-order valence-electron chi connectivity index (χ0n) is 11.6. The smallest absolute Gasteiger partial charge is 0.352 e. The summed E-state index contributed by atoms with van der Waals surface area (Å²) in [5.74, 6) is -0.886. The summed E-state index contributed by atoms with van der Waals surface area (Å²) in [7, 11) is 0. The Labute approximate surface area is 117 Å². The third-order valence-corrected chi connectivity index (χ3v) is 4.06. The molecule has 2 aromatic rings. The summed E-state index contributed by atoms with van der Waals surface area (Å²) in [5, 5.41) is 13.8. The van der Waals surface area contributed by atoms with E-state index in [0.717, 1.165) is 11.3 Å². The number of aryl methyl sites for hydroxylation is 1. The lowest BCUT2D eigenvalue weighted by Crippen LogP contribution is -2.11. The third kappa shape index (κ3) is 2.35.